The number of halogens is 1. The molecule has 5 heteroatoms. The van der Waals surface area contributed by atoms with Crippen LogP contribution in [0.2, 0.25) is 5.02 Å². The molecule has 1 heterocycles. The third-order valence-corrected chi connectivity index (χ3v) is 4.37. The molecule has 2 aliphatic carbocycles. The molecule has 3 rings (SSSR count). The lowest BCUT2D eigenvalue weighted by Crippen LogP contribution is -2.31. The highest BCUT2D eigenvalue weighted by Gasteiger charge is 2.24. The van der Waals surface area contributed by atoms with Gasteiger partial charge in [0.15, 0.2) is 0 Å². The van der Waals surface area contributed by atoms with Crippen molar-refractivity contribution in [1.29, 1.82) is 0 Å². The summed E-state index contributed by atoms with van der Waals surface area (Å²) in [7, 11) is 0. The van der Waals surface area contributed by atoms with Crippen LogP contribution in [0.4, 0.5) is 5.69 Å². The van der Waals surface area contributed by atoms with Crippen LogP contribution in [0.15, 0.2) is 11.0 Å². The van der Waals surface area contributed by atoms with E-state index in [0.717, 1.165) is 19.4 Å². The van der Waals surface area contributed by atoms with E-state index in [2.05, 4.69) is 10.4 Å². The van der Waals surface area contributed by atoms with Crippen LogP contribution in [0.1, 0.15) is 44.9 Å². The highest BCUT2D eigenvalue weighted by molar-refractivity contribution is 6.33. The molecule has 1 N–H and O–H groups in total. The Morgan fingerprint density at radius 3 is 2.68 bits per heavy atom. The van der Waals surface area contributed by atoms with Crippen LogP contribution in [0.3, 0.4) is 0 Å². The van der Waals surface area contributed by atoms with Crippen LogP contribution in [-0.2, 0) is 6.54 Å². The highest BCUT2D eigenvalue weighted by Crippen LogP contribution is 2.30. The molecular formula is C14H20ClN3O. The van der Waals surface area contributed by atoms with E-state index in [0.29, 0.717) is 22.7 Å². The fourth-order valence-electron chi connectivity index (χ4n) is 2.73. The average Bonchev–Trinajstić information content (AvgIpc) is 3.23. The minimum atomic E-state index is -0.0648. The molecule has 0 aliphatic heterocycles. The van der Waals surface area contributed by atoms with Gasteiger partial charge in [0, 0.05) is 12.6 Å². The average molecular weight is 282 g/mol. The van der Waals surface area contributed by atoms with Crippen molar-refractivity contribution >= 4 is 17.3 Å². The molecule has 2 aliphatic rings. The summed E-state index contributed by atoms with van der Waals surface area (Å²) in [6.07, 6.45) is 10.0. The molecule has 0 aromatic carbocycles. The molecule has 0 unspecified atom stereocenters. The van der Waals surface area contributed by atoms with Crippen molar-refractivity contribution in [3.8, 4) is 0 Å². The third kappa shape index (κ3) is 3.11. The van der Waals surface area contributed by atoms with E-state index in [1.165, 1.54) is 32.1 Å². The normalized spacial score (nSPS) is 20.5. The Labute approximate surface area is 118 Å². The van der Waals surface area contributed by atoms with Crippen molar-refractivity contribution in [2.75, 3.05) is 5.32 Å². The summed E-state index contributed by atoms with van der Waals surface area (Å²) in [5.41, 5.74) is 0.481. The Morgan fingerprint density at radius 2 is 2.00 bits per heavy atom. The van der Waals surface area contributed by atoms with Crippen molar-refractivity contribution in [3.05, 3.63) is 21.6 Å². The topological polar surface area (TPSA) is 46.9 Å². The molecule has 104 valence electrons. The van der Waals surface area contributed by atoms with E-state index in [-0.39, 0.29) is 5.56 Å². The summed E-state index contributed by atoms with van der Waals surface area (Å²) < 4.78 is 1.56. The number of hydrogen-bond donors (Lipinski definition) is 1. The molecule has 0 bridgehead atoms. The van der Waals surface area contributed by atoms with Crippen molar-refractivity contribution in [3.63, 3.8) is 0 Å². The minimum Gasteiger partial charge on any atom is -0.377 e. The van der Waals surface area contributed by atoms with Crippen LogP contribution in [0, 0.1) is 5.92 Å². The van der Waals surface area contributed by atoms with Gasteiger partial charge in [-0.05, 0) is 31.6 Å². The summed E-state index contributed by atoms with van der Waals surface area (Å²) in [4.78, 5) is 12.4. The Morgan fingerprint density at radius 1 is 1.26 bits per heavy atom. The fourth-order valence-corrected chi connectivity index (χ4v) is 2.90. The van der Waals surface area contributed by atoms with Crippen LogP contribution < -0.4 is 10.9 Å². The largest absolute Gasteiger partial charge is 0.377 e. The first-order valence-corrected chi connectivity index (χ1v) is 7.64. The molecule has 1 aromatic rings. The maximum atomic E-state index is 12.4. The van der Waals surface area contributed by atoms with Crippen molar-refractivity contribution in [2.24, 2.45) is 5.92 Å². The van der Waals surface area contributed by atoms with Gasteiger partial charge in [-0.2, -0.15) is 5.10 Å². The van der Waals surface area contributed by atoms with Gasteiger partial charge < -0.3 is 5.32 Å². The number of hydrogen-bond acceptors (Lipinski definition) is 3. The molecule has 0 amide bonds. The van der Waals surface area contributed by atoms with Crippen LogP contribution in [0.5, 0.6) is 0 Å². The van der Waals surface area contributed by atoms with Gasteiger partial charge in [-0.25, -0.2) is 4.68 Å². The predicted molar refractivity (Wildman–Crippen MR) is 76.7 cm³/mol. The lowest BCUT2D eigenvalue weighted by atomic mass is 9.95. The lowest BCUT2D eigenvalue weighted by Gasteiger charge is -2.24. The number of anilines is 1. The predicted octanol–water partition coefficient (Wildman–Crippen LogP) is 3.05. The van der Waals surface area contributed by atoms with E-state index in [4.69, 9.17) is 11.6 Å². The second kappa shape index (κ2) is 5.53. The number of nitrogens with zero attached hydrogens (tertiary/aromatic N) is 2. The molecule has 0 radical (unpaired) electrons. The minimum absolute atomic E-state index is 0.0648. The summed E-state index contributed by atoms with van der Waals surface area (Å²) in [6, 6.07) is 0.385. The van der Waals surface area contributed by atoms with Crippen molar-refractivity contribution in [1.82, 2.24) is 9.78 Å². The molecule has 0 atom stereocenters. The molecule has 1 aromatic heterocycles. The smallest absolute Gasteiger partial charge is 0.291 e. The maximum Gasteiger partial charge on any atom is 0.291 e. The summed E-state index contributed by atoms with van der Waals surface area (Å²) in [5.74, 6) is 0.633. The van der Waals surface area contributed by atoms with E-state index in [1.54, 1.807) is 10.9 Å². The Hall–Kier alpha value is -1.03. The molecular weight excluding hydrogens is 262 g/mol. The zero-order valence-electron chi connectivity index (χ0n) is 11.1. The maximum absolute atomic E-state index is 12.4. The molecule has 19 heavy (non-hydrogen) atoms. The second-order valence-corrected chi connectivity index (χ2v) is 6.18. The monoisotopic (exact) mass is 281 g/mol. The second-order valence-electron chi connectivity index (χ2n) is 5.78. The van der Waals surface area contributed by atoms with Crippen molar-refractivity contribution < 1.29 is 0 Å². The SMILES string of the molecule is O=c1c(NC2CCCCC2)c(Cl)cnn1CC1CC1. The van der Waals surface area contributed by atoms with Gasteiger partial charge in [0.2, 0.25) is 0 Å². The highest BCUT2D eigenvalue weighted by atomic mass is 35.5. The van der Waals surface area contributed by atoms with Crippen LogP contribution in [0.25, 0.3) is 0 Å². The van der Waals surface area contributed by atoms with E-state index >= 15 is 0 Å². The van der Waals surface area contributed by atoms with Gasteiger partial charge >= 0.3 is 0 Å². The van der Waals surface area contributed by atoms with Crippen molar-refractivity contribution in [2.45, 2.75) is 57.5 Å². The first-order valence-electron chi connectivity index (χ1n) is 7.26. The Balaban J connectivity index is 1.79. The van der Waals surface area contributed by atoms with E-state index in [1.807, 2.05) is 0 Å². The summed E-state index contributed by atoms with van der Waals surface area (Å²) in [6.45, 7) is 0.731. The zero-order chi connectivity index (χ0) is 13.2. The van der Waals surface area contributed by atoms with Gasteiger partial charge in [0.25, 0.3) is 5.56 Å². The first kappa shape index (κ1) is 13.0. The first-order chi connectivity index (χ1) is 9.24. The van der Waals surface area contributed by atoms with Gasteiger partial charge in [-0.1, -0.05) is 30.9 Å². The number of nitrogens with one attached hydrogen (secondary N) is 1. The van der Waals surface area contributed by atoms with E-state index in [9.17, 15) is 4.79 Å². The van der Waals surface area contributed by atoms with Gasteiger partial charge in [0.05, 0.1) is 11.2 Å². The molecule has 2 saturated carbocycles. The van der Waals surface area contributed by atoms with Crippen LogP contribution in [-0.4, -0.2) is 15.8 Å². The number of rotatable bonds is 4. The molecule has 0 saturated heterocycles. The van der Waals surface area contributed by atoms with Gasteiger partial charge in [-0.15, -0.1) is 0 Å². The molecule has 0 spiro atoms. The molecule has 4 nitrogen and oxygen atoms in total. The van der Waals surface area contributed by atoms with Crippen LogP contribution >= 0.6 is 11.6 Å². The summed E-state index contributed by atoms with van der Waals surface area (Å²) in [5, 5.41) is 7.94. The lowest BCUT2D eigenvalue weighted by molar-refractivity contribution is 0.461. The zero-order valence-corrected chi connectivity index (χ0v) is 11.8. The summed E-state index contributed by atoms with van der Waals surface area (Å²) >= 11 is 6.13. The van der Waals surface area contributed by atoms with E-state index < -0.39 is 0 Å². The standard InChI is InChI=1S/C14H20ClN3O/c15-12-8-16-18(9-10-6-7-10)14(19)13(12)17-11-4-2-1-3-5-11/h8,10-11,17H,1-7,9H2. The molecule has 2 fully saturated rings. The number of aromatic nitrogens is 2. The third-order valence-electron chi connectivity index (χ3n) is 4.08. The Kier molecular flexibility index (Phi) is 3.78. The van der Waals surface area contributed by atoms with Gasteiger partial charge in [0.1, 0.15) is 5.69 Å². The van der Waals surface area contributed by atoms with Gasteiger partial charge in [-0.3, -0.25) is 4.79 Å². The fraction of sp³-hybridized carbons (Fsp3) is 0.714. The quantitative estimate of drug-likeness (QED) is 0.923. The Bertz CT molecular complexity index is 504.